The lowest BCUT2D eigenvalue weighted by Crippen LogP contribution is -2.45. The highest BCUT2D eigenvalue weighted by Crippen LogP contribution is 2.17. The van der Waals surface area contributed by atoms with Crippen LogP contribution >= 0.6 is 0 Å². The predicted molar refractivity (Wildman–Crippen MR) is 79.0 cm³/mol. The Labute approximate surface area is 109 Å². The zero-order chi connectivity index (χ0) is 13.1. The molecule has 0 aliphatic carbocycles. The highest BCUT2D eigenvalue weighted by molar-refractivity contribution is 4.87. The molecule has 17 heavy (non-hydrogen) atoms. The van der Waals surface area contributed by atoms with Crippen LogP contribution in [0.5, 0.6) is 0 Å². The first-order valence-corrected chi connectivity index (χ1v) is 7.62. The van der Waals surface area contributed by atoms with Gasteiger partial charge in [-0.05, 0) is 38.7 Å². The summed E-state index contributed by atoms with van der Waals surface area (Å²) in [4.78, 5) is 0. The molecule has 0 fully saturated rings. The first-order chi connectivity index (χ1) is 8.10. The summed E-state index contributed by atoms with van der Waals surface area (Å²) in [6.07, 6.45) is 10.5. The molecule has 0 radical (unpaired) electrons. The molecule has 0 heterocycles. The summed E-state index contributed by atoms with van der Waals surface area (Å²) in [5, 5.41) is 0. The average Bonchev–Trinajstić information content (AvgIpc) is 2.30. The van der Waals surface area contributed by atoms with E-state index in [0.29, 0.717) is 0 Å². The van der Waals surface area contributed by atoms with Crippen LogP contribution in [0.4, 0.5) is 0 Å². The molecule has 0 spiro atoms. The van der Waals surface area contributed by atoms with Crippen LogP contribution in [0.2, 0.25) is 0 Å². The minimum Gasteiger partial charge on any atom is -0.297 e. The van der Waals surface area contributed by atoms with Gasteiger partial charge in [-0.3, -0.25) is 4.48 Å². The molecule has 0 rings (SSSR count). The molecular weight excluding hydrogens is 206 g/mol. The van der Waals surface area contributed by atoms with Gasteiger partial charge in [-0.2, -0.15) is 0 Å². The third-order valence-electron chi connectivity index (χ3n) is 3.40. The molecule has 0 saturated heterocycles. The Balaban J connectivity index is 4.70. The molecule has 0 aromatic carbocycles. The highest BCUT2D eigenvalue weighted by atomic mass is 15.3. The van der Waals surface area contributed by atoms with Crippen molar-refractivity contribution in [3.05, 3.63) is 11.8 Å². The number of hydrogen-bond donors (Lipinski definition) is 0. The van der Waals surface area contributed by atoms with Crippen LogP contribution in [0, 0.1) is 0 Å². The molecule has 0 atom stereocenters. The zero-order valence-electron chi connectivity index (χ0n) is 12.9. The van der Waals surface area contributed by atoms with E-state index in [4.69, 9.17) is 0 Å². The Morgan fingerprint density at radius 3 is 1.35 bits per heavy atom. The first kappa shape index (κ1) is 16.7. The Morgan fingerprint density at radius 1 is 0.765 bits per heavy atom. The summed E-state index contributed by atoms with van der Waals surface area (Å²) in [6, 6.07) is 0. The van der Waals surface area contributed by atoms with Crippen molar-refractivity contribution in [3.8, 4) is 0 Å². The minimum absolute atomic E-state index is 1.23. The second-order valence-electron chi connectivity index (χ2n) is 5.66. The van der Waals surface area contributed by atoms with E-state index in [9.17, 15) is 0 Å². The van der Waals surface area contributed by atoms with Gasteiger partial charge in [0.15, 0.2) is 0 Å². The summed E-state index contributed by atoms with van der Waals surface area (Å²) >= 11 is 0. The maximum Gasteiger partial charge on any atom is 0.0944 e. The maximum absolute atomic E-state index is 2.53. The maximum atomic E-state index is 2.53. The van der Waals surface area contributed by atoms with Crippen molar-refractivity contribution in [1.29, 1.82) is 0 Å². The van der Waals surface area contributed by atoms with Crippen molar-refractivity contribution in [1.82, 2.24) is 0 Å². The van der Waals surface area contributed by atoms with Gasteiger partial charge in [0.25, 0.3) is 0 Å². The number of hydrogen-bond acceptors (Lipinski definition) is 0. The fourth-order valence-corrected chi connectivity index (χ4v) is 2.50. The third kappa shape index (κ3) is 7.59. The largest absolute Gasteiger partial charge is 0.297 e. The zero-order valence-corrected chi connectivity index (χ0v) is 12.9. The van der Waals surface area contributed by atoms with E-state index < -0.39 is 0 Å². The van der Waals surface area contributed by atoms with Gasteiger partial charge in [-0.25, -0.2) is 0 Å². The quantitative estimate of drug-likeness (QED) is 0.465. The van der Waals surface area contributed by atoms with Crippen LogP contribution in [0.25, 0.3) is 0 Å². The van der Waals surface area contributed by atoms with Crippen LogP contribution in [-0.2, 0) is 0 Å². The second-order valence-corrected chi connectivity index (χ2v) is 5.66. The molecule has 0 N–H and O–H groups in total. The average molecular weight is 240 g/mol. The minimum atomic E-state index is 1.23. The number of quaternary nitrogens is 1. The molecule has 1 heteroatoms. The fraction of sp³-hybridized carbons (Fsp3) is 0.875. The molecule has 0 unspecified atom stereocenters. The van der Waals surface area contributed by atoms with Crippen LogP contribution in [-0.4, -0.2) is 24.1 Å². The van der Waals surface area contributed by atoms with E-state index >= 15 is 0 Å². The Kier molecular flexibility index (Phi) is 9.53. The van der Waals surface area contributed by atoms with E-state index in [-0.39, 0.29) is 0 Å². The van der Waals surface area contributed by atoms with Crippen molar-refractivity contribution in [3.63, 3.8) is 0 Å². The normalized spacial score (nSPS) is 11.6. The van der Waals surface area contributed by atoms with E-state index in [1.165, 1.54) is 68.2 Å². The number of nitrogens with zero attached hydrogens (tertiary/aromatic N) is 1. The van der Waals surface area contributed by atoms with Gasteiger partial charge >= 0.3 is 0 Å². The lowest BCUT2D eigenvalue weighted by atomic mass is 10.1. The van der Waals surface area contributed by atoms with Crippen molar-refractivity contribution < 1.29 is 4.48 Å². The summed E-state index contributed by atoms with van der Waals surface area (Å²) in [5.41, 5.74) is 1.48. The number of allylic oxidation sites excluding steroid dienone is 1. The van der Waals surface area contributed by atoms with E-state index in [2.05, 4.69) is 40.8 Å². The van der Waals surface area contributed by atoms with E-state index in [1.807, 2.05) is 0 Å². The molecule has 0 amide bonds. The van der Waals surface area contributed by atoms with Gasteiger partial charge in [0.1, 0.15) is 0 Å². The molecule has 1 nitrogen and oxygen atoms in total. The van der Waals surface area contributed by atoms with Crippen LogP contribution < -0.4 is 0 Å². The predicted octanol–water partition coefficient (Wildman–Crippen LogP) is 5.13. The SMILES string of the molecule is CCCC[N+](C=C(C)C)(CCCC)CCCC. The Morgan fingerprint density at radius 2 is 1.12 bits per heavy atom. The van der Waals surface area contributed by atoms with Gasteiger partial charge in [0.05, 0.1) is 25.8 Å². The highest BCUT2D eigenvalue weighted by Gasteiger charge is 2.23. The summed E-state index contributed by atoms with van der Waals surface area (Å²) < 4.78 is 1.23. The molecule has 0 aromatic rings. The molecule has 0 saturated carbocycles. The molecule has 0 aliphatic heterocycles. The van der Waals surface area contributed by atoms with Crippen molar-refractivity contribution in [2.24, 2.45) is 0 Å². The number of rotatable bonds is 10. The van der Waals surface area contributed by atoms with Crippen LogP contribution in [0.1, 0.15) is 73.1 Å². The molecular formula is C16H34N+. The molecule has 0 aromatic heterocycles. The van der Waals surface area contributed by atoms with Crippen LogP contribution in [0.15, 0.2) is 11.8 Å². The van der Waals surface area contributed by atoms with Gasteiger partial charge in [0.2, 0.25) is 0 Å². The second kappa shape index (κ2) is 9.70. The molecule has 102 valence electrons. The van der Waals surface area contributed by atoms with E-state index in [0.717, 1.165) is 0 Å². The molecule has 0 bridgehead atoms. The lowest BCUT2D eigenvalue weighted by molar-refractivity contribution is -0.880. The first-order valence-electron chi connectivity index (χ1n) is 7.62. The van der Waals surface area contributed by atoms with Gasteiger partial charge in [-0.15, -0.1) is 0 Å². The van der Waals surface area contributed by atoms with Gasteiger partial charge in [-0.1, -0.05) is 40.0 Å². The number of unbranched alkanes of at least 4 members (excludes halogenated alkanes) is 3. The standard InChI is InChI=1S/C16H34N/c1-6-9-12-17(13-10-7-2,14-11-8-3)15-16(4)5/h15H,6-14H2,1-5H3/q+1. The summed E-state index contributed by atoms with van der Waals surface area (Å²) in [6.45, 7) is 15.4. The fourth-order valence-electron chi connectivity index (χ4n) is 2.50. The summed E-state index contributed by atoms with van der Waals surface area (Å²) in [7, 11) is 0. The smallest absolute Gasteiger partial charge is 0.0944 e. The van der Waals surface area contributed by atoms with Crippen molar-refractivity contribution >= 4 is 0 Å². The lowest BCUT2D eigenvalue weighted by Gasteiger charge is -2.36. The van der Waals surface area contributed by atoms with Crippen molar-refractivity contribution in [2.75, 3.05) is 19.6 Å². The third-order valence-corrected chi connectivity index (χ3v) is 3.40. The topological polar surface area (TPSA) is 0 Å². The van der Waals surface area contributed by atoms with Crippen LogP contribution in [0.3, 0.4) is 0 Å². The molecule has 0 aliphatic rings. The van der Waals surface area contributed by atoms with E-state index in [1.54, 1.807) is 0 Å². The Bertz CT molecular complexity index is 180. The van der Waals surface area contributed by atoms with Gasteiger partial charge in [0, 0.05) is 0 Å². The van der Waals surface area contributed by atoms with Crippen molar-refractivity contribution in [2.45, 2.75) is 73.1 Å². The monoisotopic (exact) mass is 240 g/mol. The van der Waals surface area contributed by atoms with Gasteiger partial charge < -0.3 is 0 Å². The Hall–Kier alpha value is -0.300. The summed E-state index contributed by atoms with van der Waals surface area (Å²) in [5.74, 6) is 0.